The molecular formula is C12H15F2N3. The highest BCUT2D eigenvalue weighted by Crippen LogP contribution is 2.21. The van der Waals surface area contributed by atoms with Gasteiger partial charge in [-0.25, -0.2) is 8.78 Å². The maximum absolute atomic E-state index is 13.5. The SMILES string of the molecule is CC(CN(C)C)Nc1c(F)cc(C#N)cc1F. The van der Waals surface area contributed by atoms with E-state index in [1.807, 2.05) is 25.9 Å². The maximum atomic E-state index is 13.5. The predicted molar refractivity (Wildman–Crippen MR) is 62.7 cm³/mol. The molecule has 0 radical (unpaired) electrons. The lowest BCUT2D eigenvalue weighted by molar-refractivity contribution is 0.391. The molecule has 0 heterocycles. The van der Waals surface area contributed by atoms with Gasteiger partial charge in [0.2, 0.25) is 0 Å². The first kappa shape index (κ1) is 13.4. The van der Waals surface area contributed by atoms with Gasteiger partial charge >= 0.3 is 0 Å². The lowest BCUT2D eigenvalue weighted by Gasteiger charge is -2.20. The second kappa shape index (κ2) is 5.60. The normalized spacial score (nSPS) is 12.3. The Morgan fingerprint density at radius 3 is 2.29 bits per heavy atom. The summed E-state index contributed by atoms with van der Waals surface area (Å²) in [7, 11) is 3.76. The Morgan fingerprint density at radius 2 is 1.88 bits per heavy atom. The molecule has 1 unspecified atom stereocenters. The van der Waals surface area contributed by atoms with E-state index in [1.165, 1.54) is 0 Å². The number of benzene rings is 1. The van der Waals surface area contributed by atoms with E-state index in [-0.39, 0.29) is 17.3 Å². The van der Waals surface area contributed by atoms with Crippen LogP contribution in [0, 0.1) is 23.0 Å². The molecule has 1 rings (SSSR count). The van der Waals surface area contributed by atoms with Crippen molar-refractivity contribution in [2.45, 2.75) is 13.0 Å². The summed E-state index contributed by atoms with van der Waals surface area (Å²) >= 11 is 0. The van der Waals surface area contributed by atoms with Crippen LogP contribution < -0.4 is 5.32 Å². The summed E-state index contributed by atoms with van der Waals surface area (Å²) in [6.45, 7) is 2.48. The molecule has 0 aliphatic carbocycles. The van der Waals surface area contributed by atoms with E-state index >= 15 is 0 Å². The third-order valence-electron chi connectivity index (χ3n) is 2.20. The molecule has 0 spiro atoms. The molecule has 17 heavy (non-hydrogen) atoms. The summed E-state index contributed by atoms with van der Waals surface area (Å²) in [6, 6.07) is 3.65. The molecule has 1 aromatic carbocycles. The first-order valence-electron chi connectivity index (χ1n) is 5.24. The largest absolute Gasteiger partial charge is 0.377 e. The molecular weight excluding hydrogens is 224 g/mol. The Balaban J connectivity index is 2.89. The van der Waals surface area contributed by atoms with Crippen molar-refractivity contribution in [3.8, 4) is 6.07 Å². The van der Waals surface area contributed by atoms with Gasteiger partial charge in [-0.2, -0.15) is 5.26 Å². The van der Waals surface area contributed by atoms with Crippen LogP contribution in [0.3, 0.4) is 0 Å². The van der Waals surface area contributed by atoms with Crippen molar-refractivity contribution >= 4 is 5.69 Å². The number of rotatable bonds is 4. The number of likely N-dealkylation sites (N-methyl/N-ethyl adjacent to an activating group) is 1. The molecule has 0 fully saturated rings. The Hall–Kier alpha value is -1.67. The summed E-state index contributed by atoms with van der Waals surface area (Å²) in [5.41, 5.74) is -0.204. The Kier molecular flexibility index (Phi) is 4.41. The molecule has 0 saturated heterocycles. The van der Waals surface area contributed by atoms with Gasteiger partial charge in [0.15, 0.2) is 11.6 Å². The summed E-state index contributed by atoms with van der Waals surface area (Å²) in [5.74, 6) is -1.49. The van der Waals surface area contributed by atoms with E-state index in [0.717, 1.165) is 12.1 Å². The predicted octanol–water partition coefficient (Wildman–Crippen LogP) is 2.20. The van der Waals surface area contributed by atoms with Gasteiger partial charge < -0.3 is 10.2 Å². The highest BCUT2D eigenvalue weighted by atomic mass is 19.1. The zero-order valence-corrected chi connectivity index (χ0v) is 10.1. The molecule has 0 amide bonds. The van der Waals surface area contributed by atoms with E-state index in [0.29, 0.717) is 6.54 Å². The van der Waals surface area contributed by atoms with Crippen LogP contribution in [0.5, 0.6) is 0 Å². The first-order chi connectivity index (χ1) is 7.93. The van der Waals surface area contributed by atoms with Gasteiger partial charge in [0.05, 0.1) is 11.6 Å². The van der Waals surface area contributed by atoms with E-state index in [1.54, 1.807) is 6.07 Å². The third-order valence-corrected chi connectivity index (χ3v) is 2.20. The second-order valence-corrected chi connectivity index (χ2v) is 4.23. The molecule has 0 bridgehead atoms. The highest BCUT2D eigenvalue weighted by molar-refractivity contribution is 5.50. The van der Waals surface area contributed by atoms with Gasteiger partial charge in [-0.1, -0.05) is 0 Å². The lowest BCUT2D eigenvalue weighted by Crippen LogP contribution is -2.30. The number of nitrogens with one attached hydrogen (secondary N) is 1. The molecule has 1 aromatic rings. The molecule has 1 atom stereocenters. The van der Waals surface area contributed by atoms with Crippen LogP contribution in [0.4, 0.5) is 14.5 Å². The Labute approximate surface area is 99.7 Å². The van der Waals surface area contributed by atoms with Gasteiger partial charge in [0, 0.05) is 12.6 Å². The fraction of sp³-hybridized carbons (Fsp3) is 0.417. The average Bonchev–Trinajstić information content (AvgIpc) is 2.22. The zero-order valence-electron chi connectivity index (χ0n) is 10.1. The van der Waals surface area contributed by atoms with Crippen LogP contribution in [0.15, 0.2) is 12.1 Å². The topological polar surface area (TPSA) is 39.1 Å². The molecule has 0 saturated carbocycles. The minimum Gasteiger partial charge on any atom is -0.377 e. The standard InChI is InChI=1S/C12H15F2N3/c1-8(7-17(2)3)16-12-10(13)4-9(6-15)5-11(12)14/h4-5,8,16H,7H2,1-3H3. The van der Waals surface area contributed by atoms with Crippen LogP contribution >= 0.6 is 0 Å². The molecule has 1 N–H and O–H groups in total. The summed E-state index contributed by atoms with van der Waals surface area (Å²) < 4.78 is 27.1. The molecule has 92 valence electrons. The van der Waals surface area contributed by atoms with Crippen molar-refractivity contribution in [2.24, 2.45) is 0 Å². The molecule has 5 heteroatoms. The van der Waals surface area contributed by atoms with Crippen molar-refractivity contribution in [1.29, 1.82) is 5.26 Å². The smallest absolute Gasteiger partial charge is 0.150 e. The van der Waals surface area contributed by atoms with Gasteiger partial charge in [0.1, 0.15) is 5.69 Å². The van der Waals surface area contributed by atoms with Crippen LogP contribution in [-0.2, 0) is 0 Å². The quantitative estimate of drug-likeness (QED) is 0.875. The monoisotopic (exact) mass is 239 g/mol. The van der Waals surface area contributed by atoms with E-state index in [2.05, 4.69) is 5.32 Å². The minimum atomic E-state index is -0.743. The Morgan fingerprint density at radius 1 is 1.35 bits per heavy atom. The summed E-state index contributed by atoms with van der Waals surface area (Å²) in [5, 5.41) is 11.3. The van der Waals surface area contributed by atoms with Crippen molar-refractivity contribution in [3.05, 3.63) is 29.3 Å². The number of anilines is 1. The minimum absolute atomic E-state index is 0.0224. The second-order valence-electron chi connectivity index (χ2n) is 4.23. The number of nitriles is 1. The van der Waals surface area contributed by atoms with Crippen LogP contribution in [0.2, 0.25) is 0 Å². The summed E-state index contributed by atoms with van der Waals surface area (Å²) in [4.78, 5) is 1.91. The van der Waals surface area contributed by atoms with Crippen LogP contribution in [0.25, 0.3) is 0 Å². The number of nitrogens with zero attached hydrogens (tertiary/aromatic N) is 2. The molecule has 0 aliphatic rings. The van der Waals surface area contributed by atoms with E-state index in [4.69, 9.17) is 5.26 Å². The van der Waals surface area contributed by atoms with Gasteiger partial charge in [-0.3, -0.25) is 0 Å². The van der Waals surface area contributed by atoms with Gasteiger partial charge in [0.25, 0.3) is 0 Å². The number of halogens is 2. The number of hydrogen-bond donors (Lipinski definition) is 1. The van der Waals surface area contributed by atoms with Gasteiger partial charge in [-0.15, -0.1) is 0 Å². The maximum Gasteiger partial charge on any atom is 0.150 e. The molecule has 0 aromatic heterocycles. The fourth-order valence-electron chi connectivity index (χ4n) is 1.62. The number of hydrogen-bond acceptors (Lipinski definition) is 3. The first-order valence-corrected chi connectivity index (χ1v) is 5.24. The van der Waals surface area contributed by atoms with E-state index < -0.39 is 11.6 Å². The summed E-state index contributed by atoms with van der Waals surface area (Å²) in [6.07, 6.45) is 0. The molecule has 0 aliphatic heterocycles. The zero-order chi connectivity index (χ0) is 13.0. The fourth-order valence-corrected chi connectivity index (χ4v) is 1.62. The Bertz CT molecular complexity index is 415. The van der Waals surface area contributed by atoms with Crippen molar-refractivity contribution in [2.75, 3.05) is 26.0 Å². The van der Waals surface area contributed by atoms with E-state index in [9.17, 15) is 8.78 Å². The van der Waals surface area contributed by atoms with Crippen molar-refractivity contribution in [1.82, 2.24) is 4.90 Å². The highest BCUT2D eigenvalue weighted by Gasteiger charge is 2.13. The molecule has 3 nitrogen and oxygen atoms in total. The van der Waals surface area contributed by atoms with Crippen LogP contribution in [0.1, 0.15) is 12.5 Å². The average molecular weight is 239 g/mol. The van der Waals surface area contributed by atoms with Gasteiger partial charge in [-0.05, 0) is 33.2 Å². The third kappa shape index (κ3) is 3.68. The van der Waals surface area contributed by atoms with Crippen LogP contribution in [-0.4, -0.2) is 31.6 Å². The van der Waals surface area contributed by atoms with Crippen molar-refractivity contribution < 1.29 is 8.78 Å². The van der Waals surface area contributed by atoms with Crippen molar-refractivity contribution in [3.63, 3.8) is 0 Å². The lowest BCUT2D eigenvalue weighted by atomic mass is 10.2.